The normalized spacial score (nSPS) is 13.0. The molecule has 374 valence electrons. The van der Waals surface area contributed by atoms with E-state index in [-0.39, 0.29) is 18.5 Å². The van der Waals surface area contributed by atoms with E-state index in [0.717, 1.165) is 77.0 Å². The minimum absolute atomic E-state index is 0.0196. The van der Waals surface area contributed by atoms with Crippen LogP contribution in [0.2, 0.25) is 0 Å². The van der Waals surface area contributed by atoms with Gasteiger partial charge in [0, 0.05) is 12.8 Å². The third-order valence-corrected chi connectivity index (χ3v) is 12.6. The van der Waals surface area contributed by atoms with Crippen molar-refractivity contribution in [2.24, 2.45) is 0 Å². The van der Waals surface area contributed by atoms with Crippen LogP contribution in [0.4, 0.5) is 0 Å². The summed E-state index contributed by atoms with van der Waals surface area (Å²) in [5.41, 5.74) is 0. The molecule has 0 saturated carbocycles. The number of amides is 1. The molecular formula is C58H107NO5. The lowest BCUT2D eigenvalue weighted by Crippen LogP contribution is -2.45. The molecule has 0 aromatic carbocycles. The van der Waals surface area contributed by atoms with E-state index in [2.05, 4.69) is 55.6 Å². The van der Waals surface area contributed by atoms with Gasteiger partial charge < -0.3 is 20.3 Å². The SMILES string of the molecule is CCCCC/C=C\C/C=C\CCCCCCCCCC(=O)OCCCCCC/C=C\CCCCCCCCCC(=O)NC(CO)C(O)/C=C/CCCCCCCCCCCCCCC. The summed E-state index contributed by atoms with van der Waals surface area (Å²) in [6, 6.07) is -0.640. The molecule has 0 radical (unpaired) electrons. The molecule has 0 aromatic rings. The lowest BCUT2D eigenvalue weighted by Gasteiger charge is -2.20. The summed E-state index contributed by atoms with van der Waals surface area (Å²) in [6.45, 7) is 4.84. The largest absolute Gasteiger partial charge is 0.466 e. The summed E-state index contributed by atoms with van der Waals surface area (Å²) in [7, 11) is 0. The van der Waals surface area contributed by atoms with Crippen LogP contribution in [0, 0.1) is 0 Å². The number of ether oxygens (including phenoxy) is 1. The molecule has 0 aliphatic heterocycles. The number of aliphatic hydroxyl groups excluding tert-OH is 2. The monoisotopic (exact) mass is 898 g/mol. The van der Waals surface area contributed by atoms with Crippen LogP contribution in [-0.2, 0) is 14.3 Å². The fourth-order valence-corrected chi connectivity index (χ4v) is 8.25. The molecule has 6 nitrogen and oxygen atoms in total. The highest BCUT2D eigenvalue weighted by Crippen LogP contribution is 2.15. The van der Waals surface area contributed by atoms with Crippen molar-refractivity contribution in [3.63, 3.8) is 0 Å². The van der Waals surface area contributed by atoms with E-state index in [4.69, 9.17) is 4.74 Å². The highest BCUT2D eigenvalue weighted by Gasteiger charge is 2.18. The Morgan fingerprint density at radius 2 is 0.781 bits per heavy atom. The Bertz CT molecular complexity index is 1080. The molecule has 1 amide bonds. The molecule has 0 aliphatic rings. The van der Waals surface area contributed by atoms with Crippen LogP contribution in [-0.4, -0.2) is 47.4 Å². The number of carbonyl (C=O) groups is 2. The van der Waals surface area contributed by atoms with Crippen molar-refractivity contribution >= 4 is 11.9 Å². The molecule has 2 atom stereocenters. The number of rotatable bonds is 51. The molecule has 0 spiro atoms. The van der Waals surface area contributed by atoms with Crippen molar-refractivity contribution in [3.8, 4) is 0 Å². The van der Waals surface area contributed by atoms with Gasteiger partial charge in [-0.25, -0.2) is 0 Å². The Balaban J connectivity index is 3.51. The van der Waals surface area contributed by atoms with Gasteiger partial charge in [-0.05, 0) is 89.9 Å². The van der Waals surface area contributed by atoms with Crippen molar-refractivity contribution in [1.29, 1.82) is 0 Å². The minimum Gasteiger partial charge on any atom is -0.466 e. The number of aliphatic hydroxyl groups is 2. The van der Waals surface area contributed by atoms with Crippen LogP contribution < -0.4 is 5.32 Å². The number of unbranched alkanes of at least 4 members (excludes halogenated alkanes) is 34. The third kappa shape index (κ3) is 49.3. The summed E-state index contributed by atoms with van der Waals surface area (Å²) in [5.74, 6) is -0.104. The van der Waals surface area contributed by atoms with Gasteiger partial charge in [-0.1, -0.05) is 229 Å². The second-order valence-electron chi connectivity index (χ2n) is 18.9. The van der Waals surface area contributed by atoms with E-state index in [1.54, 1.807) is 6.08 Å². The maximum atomic E-state index is 12.4. The van der Waals surface area contributed by atoms with Gasteiger partial charge in [-0.3, -0.25) is 9.59 Å². The lowest BCUT2D eigenvalue weighted by molar-refractivity contribution is -0.143. The first kappa shape index (κ1) is 61.8. The Labute approximate surface area is 397 Å². The van der Waals surface area contributed by atoms with E-state index < -0.39 is 12.1 Å². The van der Waals surface area contributed by atoms with Crippen molar-refractivity contribution in [3.05, 3.63) is 48.6 Å². The van der Waals surface area contributed by atoms with Crippen LogP contribution in [0.5, 0.6) is 0 Å². The van der Waals surface area contributed by atoms with E-state index in [1.807, 2.05) is 6.08 Å². The van der Waals surface area contributed by atoms with Gasteiger partial charge in [-0.2, -0.15) is 0 Å². The van der Waals surface area contributed by atoms with Crippen molar-refractivity contribution < 1.29 is 24.5 Å². The molecule has 0 bridgehead atoms. The summed E-state index contributed by atoms with van der Waals surface area (Å²) in [6.07, 6.45) is 66.9. The standard InChI is InChI=1S/C58H107NO5/c1-3-5-7-9-11-13-15-17-19-20-24-28-32-36-40-44-48-52-58(63)64-53-49-45-41-37-33-29-25-21-23-27-31-35-39-43-47-51-57(62)59-55(54-60)56(61)50-46-42-38-34-30-26-22-18-16-14-12-10-8-6-4-2/h11,13,17,19,25,29,46,50,55-56,60-61H,3-10,12,14-16,18,20-24,26-28,30-45,47-49,51-54H2,1-2H3,(H,59,62)/b13-11-,19-17-,29-25-,50-46+. The summed E-state index contributed by atoms with van der Waals surface area (Å²) >= 11 is 0. The molecule has 6 heteroatoms. The van der Waals surface area contributed by atoms with E-state index in [0.29, 0.717) is 19.4 Å². The molecule has 0 saturated heterocycles. The molecule has 3 N–H and O–H groups in total. The number of allylic oxidation sites excluding steroid dienone is 7. The Morgan fingerprint density at radius 1 is 0.438 bits per heavy atom. The van der Waals surface area contributed by atoms with Crippen molar-refractivity contribution in [2.45, 2.75) is 296 Å². The van der Waals surface area contributed by atoms with Gasteiger partial charge in [0.2, 0.25) is 5.91 Å². The van der Waals surface area contributed by atoms with Crippen LogP contribution in [0.15, 0.2) is 48.6 Å². The predicted octanol–water partition coefficient (Wildman–Crippen LogP) is 17.0. The predicted molar refractivity (Wildman–Crippen MR) is 278 cm³/mol. The molecule has 0 fully saturated rings. The number of hydrogen-bond acceptors (Lipinski definition) is 5. The minimum atomic E-state index is -0.855. The average molecular weight is 898 g/mol. The number of hydrogen-bond donors (Lipinski definition) is 3. The Morgan fingerprint density at radius 3 is 1.23 bits per heavy atom. The second-order valence-corrected chi connectivity index (χ2v) is 18.9. The van der Waals surface area contributed by atoms with Crippen molar-refractivity contribution in [2.75, 3.05) is 13.2 Å². The average Bonchev–Trinajstić information content (AvgIpc) is 3.29. The summed E-state index contributed by atoms with van der Waals surface area (Å²) in [4.78, 5) is 24.5. The molecular weight excluding hydrogens is 791 g/mol. The fourth-order valence-electron chi connectivity index (χ4n) is 8.25. The molecule has 2 unspecified atom stereocenters. The number of carbonyl (C=O) groups excluding carboxylic acids is 2. The summed E-state index contributed by atoms with van der Waals surface area (Å²) in [5, 5.41) is 23.1. The third-order valence-electron chi connectivity index (χ3n) is 12.6. The second kappa shape index (κ2) is 53.4. The van der Waals surface area contributed by atoms with Crippen LogP contribution in [0.25, 0.3) is 0 Å². The topological polar surface area (TPSA) is 95.9 Å². The molecule has 0 heterocycles. The van der Waals surface area contributed by atoms with Gasteiger partial charge in [0.25, 0.3) is 0 Å². The Hall–Kier alpha value is -2.18. The lowest BCUT2D eigenvalue weighted by atomic mass is 10.0. The molecule has 0 aliphatic carbocycles. The van der Waals surface area contributed by atoms with Gasteiger partial charge >= 0.3 is 5.97 Å². The summed E-state index contributed by atoms with van der Waals surface area (Å²) < 4.78 is 5.46. The maximum absolute atomic E-state index is 12.4. The number of nitrogens with one attached hydrogen (secondary N) is 1. The molecule has 64 heavy (non-hydrogen) atoms. The maximum Gasteiger partial charge on any atom is 0.305 e. The highest BCUT2D eigenvalue weighted by atomic mass is 16.5. The van der Waals surface area contributed by atoms with E-state index in [1.165, 1.54) is 180 Å². The smallest absolute Gasteiger partial charge is 0.305 e. The zero-order valence-electron chi connectivity index (χ0n) is 42.5. The number of esters is 1. The first-order valence-corrected chi connectivity index (χ1v) is 27.9. The zero-order valence-corrected chi connectivity index (χ0v) is 42.5. The van der Waals surface area contributed by atoms with Gasteiger partial charge in [0.05, 0.1) is 25.4 Å². The highest BCUT2D eigenvalue weighted by molar-refractivity contribution is 5.76. The van der Waals surface area contributed by atoms with Gasteiger partial charge in [-0.15, -0.1) is 0 Å². The van der Waals surface area contributed by atoms with Crippen LogP contribution in [0.1, 0.15) is 284 Å². The molecule has 0 rings (SSSR count). The van der Waals surface area contributed by atoms with Crippen molar-refractivity contribution in [1.82, 2.24) is 5.32 Å². The first-order chi connectivity index (χ1) is 31.5. The quantitative estimate of drug-likeness (QED) is 0.0321. The van der Waals surface area contributed by atoms with Gasteiger partial charge in [0.15, 0.2) is 0 Å². The Kier molecular flexibility index (Phi) is 51.6. The molecule has 0 aromatic heterocycles. The zero-order chi connectivity index (χ0) is 46.5. The van der Waals surface area contributed by atoms with E-state index >= 15 is 0 Å². The van der Waals surface area contributed by atoms with E-state index in [9.17, 15) is 19.8 Å². The van der Waals surface area contributed by atoms with Crippen LogP contribution in [0.3, 0.4) is 0 Å². The fraction of sp³-hybridized carbons (Fsp3) is 0.828. The first-order valence-electron chi connectivity index (χ1n) is 27.9. The van der Waals surface area contributed by atoms with Crippen LogP contribution >= 0.6 is 0 Å². The van der Waals surface area contributed by atoms with Gasteiger partial charge in [0.1, 0.15) is 0 Å².